The van der Waals surface area contributed by atoms with Crippen molar-refractivity contribution in [1.29, 1.82) is 0 Å². The molecule has 1 aromatic carbocycles. The molecule has 0 spiro atoms. The Morgan fingerprint density at radius 1 is 1.43 bits per heavy atom. The van der Waals surface area contributed by atoms with E-state index in [1.54, 1.807) is 0 Å². The van der Waals surface area contributed by atoms with Crippen LogP contribution in [0.25, 0.3) is 0 Å². The fourth-order valence-corrected chi connectivity index (χ4v) is 3.18. The van der Waals surface area contributed by atoms with Crippen molar-refractivity contribution in [2.75, 3.05) is 25.9 Å². The number of carbonyl (C=O) groups is 1. The van der Waals surface area contributed by atoms with Crippen LogP contribution in [0, 0.1) is 12.8 Å². The van der Waals surface area contributed by atoms with Gasteiger partial charge in [0.05, 0.1) is 6.26 Å². The van der Waals surface area contributed by atoms with Crippen LogP contribution in [0.4, 0.5) is 0 Å². The zero-order chi connectivity index (χ0) is 15.5. The monoisotopic (exact) mass is 310 g/mol. The molecule has 6 heteroatoms. The van der Waals surface area contributed by atoms with Gasteiger partial charge in [-0.2, -0.15) is 0 Å². The molecule has 1 aliphatic heterocycles. The largest absolute Gasteiger partial charge is 0.338 e. The topological polar surface area (TPSA) is 66.5 Å². The lowest BCUT2D eigenvalue weighted by atomic mass is 9.97. The number of nitrogens with one attached hydrogen (secondary N) is 1. The molecule has 1 saturated heterocycles. The van der Waals surface area contributed by atoms with Crippen molar-refractivity contribution in [2.24, 2.45) is 5.92 Å². The molecule has 1 fully saturated rings. The van der Waals surface area contributed by atoms with Crippen LogP contribution in [0.3, 0.4) is 0 Å². The molecular weight excluding hydrogens is 288 g/mol. The summed E-state index contributed by atoms with van der Waals surface area (Å²) in [5, 5.41) is 0. The Morgan fingerprint density at radius 3 is 2.86 bits per heavy atom. The Bertz CT molecular complexity index is 613. The van der Waals surface area contributed by atoms with Crippen molar-refractivity contribution in [3.63, 3.8) is 0 Å². The third-order valence-electron chi connectivity index (χ3n) is 3.71. The van der Waals surface area contributed by atoms with Crippen LogP contribution in [0.1, 0.15) is 28.8 Å². The van der Waals surface area contributed by atoms with Gasteiger partial charge in [0, 0.05) is 25.2 Å². The predicted molar refractivity (Wildman–Crippen MR) is 82.7 cm³/mol. The number of likely N-dealkylation sites (tertiary alicyclic amines) is 1. The van der Waals surface area contributed by atoms with E-state index in [-0.39, 0.29) is 11.8 Å². The first kappa shape index (κ1) is 16.0. The minimum Gasteiger partial charge on any atom is -0.338 e. The molecule has 0 unspecified atom stereocenters. The number of nitrogens with zero attached hydrogens (tertiary/aromatic N) is 1. The number of hydrogen-bond donors (Lipinski definition) is 1. The van der Waals surface area contributed by atoms with E-state index in [2.05, 4.69) is 4.72 Å². The van der Waals surface area contributed by atoms with Crippen molar-refractivity contribution >= 4 is 15.9 Å². The molecule has 1 aromatic rings. The van der Waals surface area contributed by atoms with Gasteiger partial charge >= 0.3 is 0 Å². The molecule has 0 aromatic heterocycles. The first-order valence-electron chi connectivity index (χ1n) is 7.16. The first-order chi connectivity index (χ1) is 9.85. The molecule has 1 aliphatic rings. The fourth-order valence-electron chi connectivity index (χ4n) is 2.65. The summed E-state index contributed by atoms with van der Waals surface area (Å²) >= 11 is 0. The third-order valence-corrected chi connectivity index (χ3v) is 4.40. The second-order valence-corrected chi connectivity index (χ2v) is 7.58. The smallest absolute Gasteiger partial charge is 0.253 e. The third kappa shape index (κ3) is 4.82. The minimum atomic E-state index is -3.17. The highest BCUT2D eigenvalue weighted by Gasteiger charge is 2.25. The molecule has 1 heterocycles. The number of carbonyl (C=O) groups excluding carboxylic acids is 1. The maximum Gasteiger partial charge on any atom is 0.253 e. The van der Waals surface area contributed by atoms with Gasteiger partial charge in [-0.05, 0) is 37.8 Å². The lowest BCUT2D eigenvalue weighted by Crippen LogP contribution is -2.43. The summed E-state index contributed by atoms with van der Waals surface area (Å²) in [5.41, 5.74) is 1.76. The zero-order valence-electron chi connectivity index (χ0n) is 12.5. The Kier molecular flexibility index (Phi) is 5.00. The SMILES string of the molecule is Cc1cccc(C(=O)N2CCC[C@H](CNS(C)(=O)=O)C2)c1. The molecular formula is C15H22N2O3S. The molecule has 116 valence electrons. The quantitative estimate of drug-likeness (QED) is 0.914. The molecule has 1 amide bonds. The van der Waals surface area contributed by atoms with Crippen molar-refractivity contribution in [3.05, 3.63) is 35.4 Å². The molecule has 5 nitrogen and oxygen atoms in total. The number of benzene rings is 1. The number of sulfonamides is 1. The Balaban J connectivity index is 1.99. The average molecular weight is 310 g/mol. The fraction of sp³-hybridized carbons (Fsp3) is 0.533. The molecule has 2 rings (SSSR count). The Labute approximate surface area is 126 Å². The van der Waals surface area contributed by atoms with E-state index in [0.717, 1.165) is 31.2 Å². The normalized spacial score (nSPS) is 19.5. The number of piperidine rings is 1. The van der Waals surface area contributed by atoms with Crippen LogP contribution < -0.4 is 4.72 Å². The molecule has 0 saturated carbocycles. The van der Waals surface area contributed by atoms with E-state index < -0.39 is 10.0 Å². The van der Waals surface area contributed by atoms with Crippen molar-refractivity contribution < 1.29 is 13.2 Å². The van der Waals surface area contributed by atoms with Gasteiger partial charge in [-0.1, -0.05) is 17.7 Å². The Hall–Kier alpha value is -1.40. The van der Waals surface area contributed by atoms with E-state index >= 15 is 0 Å². The minimum absolute atomic E-state index is 0.0303. The number of amides is 1. The number of aryl methyl sites for hydroxylation is 1. The molecule has 0 aliphatic carbocycles. The van der Waals surface area contributed by atoms with E-state index in [0.29, 0.717) is 18.7 Å². The van der Waals surface area contributed by atoms with Crippen LogP contribution >= 0.6 is 0 Å². The van der Waals surface area contributed by atoms with Gasteiger partial charge in [-0.25, -0.2) is 13.1 Å². The van der Waals surface area contributed by atoms with Crippen LogP contribution in [0.15, 0.2) is 24.3 Å². The standard InChI is InChI=1S/C15H22N2O3S/c1-12-5-3-7-14(9-12)15(18)17-8-4-6-13(11-17)10-16-21(2,19)20/h3,5,7,9,13,16H,4,6,8,10-11H2,1-2H3/t13-/m1/s1. The second kappa shape index (κ2) is 6.58. The lowest BCUT2D eigenvalue weighted by molar-refractivity contribution is 0.0676. The van der Waals surface area contributed by atoms with Crippen molar-refractivity contribution in [2.45, 2.75) is 19.8 Å². The summed E-state index contributed by atoms with van der Waals surface area (Å²) in [7, 11) is -3.17. The summed E-state index contributed by atoms with van der Waals surface area (Å²) in [4.78, 5) is 14.3. The maximum absolute atomic E-state index is 12.5. The Morgan fingerprint density at radius 2 is 2.19 bits per heavy atom. The molecule has 1 N–H and O–H groups in total. The average Bonchev–Trinajstić information content (AvgIpc) is 2.44. The van der Waals surface area contributed by atoms with Crippen molar-refractivity contribution in [3.8, 4) is 0 Å². The molecule has 21 heavy (non-hydrogen) atoms. The van der Waals surface area contributed by atoms with Gasteiger partial charge in [-0.3, -0.25) is 4.79 Å². The van der Waals surface area contributed by atoms with Crippen LogP contribution in [-0.2, 0) is 10.0 Å². The highest BCUT2D eigenvalue weighted by atomic mass is 32.2. The van der Waals surface area contributed by atoms with Gasteiger partial charge in [0.1, 0.15) is 0 Å². The summed E-state index contributed by atoms with van der Waals surface area (Å²) in [6.45, 7) is 3.71. The van der Waals surface area contributed by atoms with E-state index in [1.165, 1.54) is 0 Å². The summed E-state index contributed by atoms with van der Waals surface area (Å²) in [6.07, 6.45) is 3.01. The summed E-state index contributed by atoms with van der Waals surface area (Å²) in [5.74, 6) is 0.213. The van der Waals surface area contributed by atoms with Crippen LogP contribution in [-0.4, -0.2) is 45.1 Å². The number of rotatable bonds is 4. The van der Waals surface area contributed by atoms with Gasteiger partial charge in [0.2, 0.25) is 10.0 Å². The van der Waals surface area contributed by atoms with E-state index in [9.17, 15) is 13.2 Å². The van der Waals surface area contributed by atoms with Crippen molar-refractivity contribution in [1.82, 2.24) is 9.62 Å². The molecule has 0 bridgehead atoms. The zero-order valence-corrected chi connectivity index (χ0v) is 13.3. The first-order valence-corrected chi connectivity index (χ1v) is 9.05. The van der Waals surface area contributed by atoms with E-state index in [1.807, 2.05) is 36.1 Å². The maximum atomic E-state index is 12.5. The summed E-state index contributed by atoms with van der Waals surface area (Å²) < 4.78 is 24.8. The van der Waals surface area contributed by atoms with E-state index in [4.69, 9.17) is 0 Å². The highest BCUT2D eigenvalue weighted by Crippen LogP contribution is 2.18. The second-order valence-electron chi connectivity index (χ2n) is 5.75. The predicted octanol–water partition coefficient (Wildman–Crippen LogP) is 1.40. The van der Waals surface area contributed by atoms with Gasteiger partial charge in [-0.15, -0.1) is 0 Å². The van der Waals surface area contributed by atoms with Gasteiger partial charge in [0.25, 0.3) is 5.91 Å². The highest BCUT2D eigenvalue weighted by molar-refractivity contribution is 7.88. The molecule has 1 atom stereocenters. The summed E-state index contributed by atoms with van der Waals surface area (Å²) in [6, 6.07) is 7.56. The van der Waals surface area contributed by atoms with Crippen LogP contribution in [0.5, 0.6) is 0 Å². The molecule has 0 radical (unpaired) electrons. The van der Waals surface area contributed by atoms with Gasteiger partial charge < -0.3 is 4.90 Å². The van der Waals surface area contributed by atoms with Gasteiger partial charge in [0.15, 0.2) is 0 Å². The van der Waals surface area contributed by atoms with Crippen LogP contribution in [0.2, 0.25) is 0 Å². The number of hydrogen-bond acceptors (Lipinski definition) is 3. The lowest BCUT2D eigenvalue weighted by Gasteiger charge is -2.33.